The van der Waals surface area contributed by atoms with E-state index in [1.807, 2.05) is 0 Å². The van der Waals surface area contributed by atoms with Gasteiger partial charge in [-0.15, -0.1) is 0 Å². The number of esters is 1. The van der Waals surface area contributed by atoms with Crippen LogP contribution >= 0.6 is 34.8 Å². The van der Waals surface area contributed by atoms with Gasteiger partial charge in [0.1, 0.15) is 4.90 Å². The fourth-order valence-corrected chi connectivity index (χ4v) is 3.93. The zero-order valence-corrected chi connectivity index (χ0v) is 18.9. The number of carbonyl (C=O) groups excluding carboxylic acids is 2. The van der Waals surface area contributed by atoms with E-state index < -0.39 is 28.5 Å². The van der Waals surface area contributed by atoms with Crippen LogP contribution in [0.1, 0.15) is 5.56 Å². The topological polar surface area (TPSA) is 92.8 Å². The van der Waals surface area contributed by atoms with Crippen molar-refractivity contribution in [2.45, 2.75) is 4.90 Å². The Hall–Kier alpha value is -2.10. The number of hydrogen-bond acceptors (Lipinski definition) is 5. The van der Waals surface area contributed by atoms with Gasteiger partial charge in [-0.25, -0.2) is 17.5 Å². The lowest BCUT2D eigenvalue weighted by molar-refractivity contribution is -0.142. The molecule has 2 rings (SSSR count). The maximum atomic E-state index is 12.3. The second-order valence-corrected chi connectivity index (χ2v) is 9.38. The second kappa shape index (κ2) is 10.3. The number of ether oxygens (including phenoxy) is 1. The molecule has 0 heterocycles. The summed E-state index contributed by atoms with van der Waals surface area (Å²) in [5.74, 6) is -1.43. The molecular formula is C19H17Cl3N2O5S. The number of amides is 1. The van der Waals surface area contributed by atoms with Crippen molar-refractivity contribution in [2.24, 2.45) is 0 Å². The summed E-state index contributed by atoms with van der Waals surface area (Å²) in [6.45, 7) is -0.579. The molecule has 0 fully saturated rings. The largest absolute Gasteiger partial charge is 0.452 e. The maximum Gasteiger partial charge on any atom is 0.331 e. The lowest BCUT2D eigenvalue weighted by Gasteiger charge is -2.14. The first-order valence-corrected chi connectivity index (χ1v) is 10.9. The van der Waals surface area contributed by atoms with Gasteiger partial charge in [0.05, 0.1) is 15.1 Å². The predicted molar refractivity (Wildman–Crippen MR) is 117 cm³/mol. The smallest absolute Gasteiger partial charge is 0.331 e. The summed E-state index contributed by atoms with van der Waals surface area (Å²) in [6, 6.07) is 8.93. The van der Waals surface area contributed by atoms with Crippen LogP contribution < -0.4 is 5.32 Å². The van der Waals surface area contributed by atoms with E-state index in [4.69, 9.17) is 39.5 Å². The summed E-state index contributed by atoms with van der Waals surface area (Å²) in [5, 5.41) is 3.08. The molecular weight excluding hydrogens is 475 g/mol. The quantitative estimate of drug-likeness (QED) is 0.465. The number of nitrogens with zero attached hydrogens (tertiary/aromatic N) is 1. The number of carbonyl (C=O) groups is 2. The van der Waals surface area contributed by atoms with E-state index in [1.165, 1.54) is 38.4 Å². The van der Waals surface area contributed by atoms with Gasteiger partial charge >= 0.3 is 5.97 Å². The van der Waals surface area contributed by atoms with Crippen LogP contribution in [0.5, 0.6) is 0 Å². The molecule has 7 nitrogen and oxygen atoms in total. The van der Waals surface area contributed by atoms with Crippen LogP contribution in [0.15, 0.2) is 47.4 Å². The summed E-state index contributed by atoms with van der Waals surface area (Å²) in [4.78, 5) is 23.7. The number of anilines is 1. The van der Waals surface area contributed by atoms with Crippen LogP contribution in [-0.2, 0) is 24.3 Å². The molecule has 0 aliphatic carbocycles. The van der Waals surface area contributed by atoms with Crippen LogP contribution in [0.3, 0.4) is 0 Å². The highest BCUT2D eigenvalue weighted by Crippen LogP contribution is 2.27. The van der Waals surface area contributed by atoms with E-state index in [0.717, 1.165) is 10.4 Å². The molecule has 11 heteroatoms. The molecule has 2 aromatic carbocycles. The molecule has 0 unspecified atom stereocenters. The van der Waals surface area contributed by atoms with Gasteiger partial charge in [-0.05, 0) is 35.9 Å². The molecule has 2 aromatic rings. The Balaban J connectivity index is 1.99. The van der Waals surface area contributed by atoms with Gasteiger partial charge in [0.15, 0.2) is 6.61 Å². The molecule has 0 aromatic heterocycles. The minimum Gasteiger partial charge on any atom is -0.452 e. The average Bonchev–Trinajstić information content (AvgIpc) is 2.68. The Morgan fingerprint density at radius 2 is 1.80 bits per heavy atom. The molecule has 0 saturated carbocycles. The third-order valence-electron chi connectivity index (χ3n) is 3.70. The number of halogens is 3. The van der Waals surface area contributed by atoms with Crippen molar-refractivity contribution in [1.82, 2.24) is 4.31 Å². The highest BCUT2D eigenvalue weighted by atomic mass is 35.5. The van der Waals surface area contributed by atoms with E-state index in [1.54, 1.807) is 18.2 Å². The first-order chi connectivity index (χ1) is 14.0. The minimum absolute atomic E-state index is 0.0120. The highest BCUT2D eigenvalue weighted by molar-refractivity contribution is 7.89. The monoisotopic (exact) mass is 490 g/mol. The number of benzene rings is 2. The molecule has 0 aliphatic heterocycles. The Morgan fingerprint density at radius 3 is 2.47 bits per heavy atom. The summed E-state index contributed by atoms with van der Waals surface area (Å²) in [5.41, 5.74) is 0.698. The van der Waals surface area contributed by atoms with E-state index in [9.17, 15) is 18.0 Å². The summed E-state index contributed by atoms with van der Waals surface area (Å²) in [6.07, 6.45) is 2.51. The molecule has 0 bridgehead atoms. The van der Waals surface area contributed by atoms with Gasteiger partial charge in [-0.1, -0.05) is 46.9 Å². The van der Waals surface area contributed by atoms with E-state index in [-0.39, 0.29) is 20.6 Å². The van der Waals surface area contributed by atoms with Crippen LogP contribution in [0.25, 0.3) is 6.08 Å². The van der Waals surface area contributed by atoms with Gasteiger partial charge in [0.2, 0.25) is 10.0 Å². The average molecular weight is 492 g/mol. The molecule has 1 N–H and O–H groups in total. The third-order valence-corrected chi connectivity index (χ3v) is 6.83. The van der Waals surface area contributed by atoms with Gasteiger partial charge in [-0.3, -0.25) is 4.79 Å². The lowest BCUT2D eigenvalue weighted by atomic mass is 10.2. The Bertz CT molecular complexity index is 1100. The lowest BCUT2D eigenvalue weighted by Crippen LogP contribution is -2.23. The zero-order valence-electron chi connectivity index (χ0n) is 15.9. The molecule has 160 valence electrons. The number of sulfonamides is 1. The molecule has 0 saturated heterocycles. The van der Waals surface area contributed by atoms with Crippen molar-refractivity contribution in [3.8, 4) is 0 Å². The number of rotatable bonds is 7. The van der Waals surface area contributed by atoms with Crippen molar-refractivity contribution in [1.29, 1.82) is 0 Å². The van der Waals surface area contributed by atoms with Crippen molar-refractivity contribution in [3.05, 3.63) is 63.1 Å². The van der Waals surface area contributed by atoms with Crippen molar-refractivity contribution in [3.63, 3.8) is 0 Å². The summed E-state index contributed by atoms with van der Waals surface area (Å²) < 4.78 is 30.4. The summed E-state index contributed by atoms with van der Waals surface area (Å²) in [7, 11) is -1.07. The normalized spacial score (nSPS) is 11.7. The van der Waals surface area contributed by atoms with E-state index in [2.05, 4.69) is 5.32 Å². The van der Waals surface area contributed by atoms with E-state index >= 15 is 0 Å². The predicted octanol–water partition coefficient (Wildman–Crippen LogP) is 4.09. The standard InChI is InChI=1S/C19H17Cl3N2O5S/c1-24(2)30(27,28)16-10-13(7-8-14(16)20)23-17(25)11-29-18(26)9-6-12-4-3-5-15(21)19(12)22/h3-10H,11H2,1-2H3,(H,23,25)/b9-6+. The fourth-order valence-electron chi connectivity index (χ4n) is 2.16. The van der Waals surface area contributed by atoms with Crippen LogP contribution in [0, 0.1) is 0 Å². The highest BCUT2D eigenvalue weighted by Gasteiger charge is 2.21. The molecule has 0 atom stereocenters. The Labute approximate surface area is 189 Å². The maximum absolute atomic E-state index is 12.3. The first-order valence-electron chi connectivity index (χ1n) is 8.33. The molecule has 0 radical (unpaired) electrons. The molecule has 0 spiro atoms. The zero-order chi connectivity index (χ0) is 22.5. The Kier molecular flexibility index (Phi) is 8.28. The van der Waals surface area contributed by atoms with Crippen molar-refractivity contribution < 1.29 is 22.7 Å². The SMILES string of the molecule is CN(C)S(=O)(=O)c1cc(NC(=O)COC(=O)/C=C/c2cccc(Cl)c2Cl)ccc1Cl. The van der Waals surface area contributed by atoms with Crippen LogP contribution in [0.2, 0.25) is 15.1 Å². The second-order valence-electron chi connectivity index (χ2n) is 6.06. The first kappa shape index (κ1) is 24.2. The van der Waals surface area contributed by atoms with E-state index in [0.29, 0.717) is 10.6 Å². The minimum atomic E-state index is -3.80. The van der Waals surface area contributed by atoms with Gasteiger partial charge < -0.3 is 10.1 Å². The van der Waals surface area contributed by atoms with Gasteiger partial charge in [0.25, 0.3) is 5.91 Å². The van der Waals surface area contributed by atoms with Crippen molar-refractivity contribution in [2.75, 3.05) is 26.0 Å². The molecule has 30 heavy (non-hydrogen) atoms. The summed E-state index contributed by atoms with van der Waals surface area (Å²) >= 11 is 17.9. The van der Waals surface area contributed by atoms with Crippen LogP contribution in [0.4, 0.5) is 5.69 Å². The number of hydrogen-bond donors (Lipinski definition) is 1. The van der Waals surface area contributed by atoms with Gasteiger partial charge in [-0.2, -0.15) is 0 Å². The fraction of sp³-hybridized carbons (Fsp3) is 0.158. The molecule has 0 aliphatic rings. The molecule has 1 amide bonds. The Morgan fingerprint density at radius 1 is 1.10 bits per heavy atom. The number of nitrogens with one attached hydrogen (secondary N) is 1. The van der Waals surface area contributed by atoms with Gasteiger partial charge in [0, 0.05) is 25.9 Å². The van der Waals surface area contributed by atoms with Crippen molar-refractivity contribution >= 4 is 68.5 Å². The van der Waals surface area contributed by atoms with Crippen LogP contribution in [-0.4, -0.2) is 45.3 Å². The third kappa shape index (κ3) is 6.20.